The van der Waals surface area contributed by atoms with Crippen molar-refractivity contribution in [3.8, 4) is 0 Å². The lowest BCUT2D eigenvalue weighted by molar-refractivity contribution is -0.336. The molecule has 370 valence electrons. The first-order valence-electron chi connectivity index (χ1n) is 23.2. The monoisotopic (exact) mass is 906 g/mol. The molecule has 0 aliphatic carbocycles. The maximum atomic E-state index is 14.5. The van der Waals surface area contributed by atoms with E-state index in [-0.39, 0.29) is 37.8 Å². The second-order valence-corrected chi connectivity index (χ2v) is 19.9. The second kappa shape index (κ2) is 23.3. The zero-order chi connectivity index (χ0) is 47.8. The Morgan fingerprint density at radius 1 is 0.952 bits per heavy atom. The number of methoxy groups -OCH3 is 1. The van der Waals surface area contributed by atoms with E-state index in [4.69, 9.17) is 28.4 Å². The van der Waals surface area contributed by atoms with Crippen LogP contribution in [0.1, 0.15) is 108 Å². The van der Waals surface area contributed by atoms with Crippen molar-refractivity contribution in [1.82, 2.24) is 25.8 Å². The largest absolute Gasteiger partial charge is 0.459 e. The van der Waals surface area contributed by atoms with Crippen LogP contribution in [0.4, 0.5) is 4.79 Å². The number of cyclic esters (lactones) is 1. The summed E-state index contributed by atoms with van der Waals surface area (Å²) in [6, 6.07) is -1.72. The van der Waals surface area contributed by atoms with Gasteiger partial charge in [-0.05, 0) is 107 Å². The van der Waals surface area contributed by atoms with E-state index >= 15 is 0 Å². The molecule has 3 aliphatic heterocycles. The minimum atomic E-state index is -1.85. The van der Waals surface area contributed by atoms with Gasteiger partial charge in [-0.3, -0.25) is 4.79 Å². The molecule has 0 unspecified atom stereocenters. The molecule has 0 aromatic rings. The lowest BCUT2D eigenvalue weighted by atomic mass is 9.75. The zero-order valence-corrected chi connectivity index (χ0v) is 41.1. The van der Waals surface area contributed by atoms with E-state index in [9.17, 15) is 35.1 Å². The van der Waals surface area contributed by atoms with E-state index in [1.165, 1.54) is 18.9 Å². The predicted octanol–water partition coefficient (Wildman–Crippen LogP) is 1.57. The number of esters is 1. The predicted molar refractivity (Wildman–Crippen MR) is 238 cm³/mol. The molecule has 0 radical (unpaired) electrons. The van der Waals surface area contributed by atoms with Gasteiger partial charge in [0.15, 0.2) is 12.6 Å². The Labute approximate surface area is 377 Å². The van der Waals surface area contributed by atoms with Crippen LogP contribution in [-0.2, 0) is 33.2 Å². The smallest absolute Gasteiger partial charge is 0.317 e. The summed E-state index contributed by atoms with van der Waals surface area (Å²) < 4.78 is 38.5. The van der Waals surface area contributed by atoms with E-state index in [0.717, 1.165) is 6.42 Å². The molecule has 3 heterocycles. The number of hydrogen-bond donors (Lipinski definition) is 8. The lowest BCUT2D eigenvalue weighted by Gasteiger charge is -2.53. The van der Waals surface area contributed by atoms with Crippen molar-refractivity contribution in [3.05, 3.63) is 0 Å². The Hall–Kier alpha value is -1.78. The summed E-state index contributed by atoms with van der Waals surface area (Å²) in [5.41, 5.74) is -6.17. The molecule has 3 rings (SSSR count). The number of likely N-dealkylation sites (N-methyl/N-ethyl adjacent to an activating group) is 2. The van der Waals surface area contributed by atoms with E-state index in [2.05, 4.69) is 16.0 Å². The first-order chi connectivity index (χ1) is 29.2. The topological polar surface area (TPSA) is 233 Å². The van der Waals surface area contributed by atoms with Gasteiger partial charge in [0.2, 0.25) is 0 Å². The number of ether oxygens (including phenoxy) is 6. The molecule has 2 amide bonds. The Kier molecular flexibility index (Phi) is 20.5. The quantitative estimate of drug-likeness (QED) is 0.0914. The number of aliphatic hydroxyl groups is 5. The first kappa shape index (κ1) is 55.5. The van der Waals surface area contributed by atoms with Gasteiger partial charge in [0.1, 0.15) is 35.1 Å². The van der Waals surface area contributed by atoms with Crippen LogP contribution >= 0.6 is 0 Å². The average Bonchev–Trinajstić information content (AvgIpc) is 3.21. The molecule has 0 bridgehead atoms. The van der Waals surface area contributed by atoms with Gasteiger partial charge in [-0.2, -0.15) is 0 Å². The van der Waals surface area contributed by atoms with Crippen molar-refractivity contribution in [2.45, 2.75) is 198 Å². The van der Waals surface area contributed by atoms with Crippen molar-refractivity contribution in [3.63, 3.8) is 0 Å². The summed E-state index contributed by atoms with van der Waals surface area (Å²) in [6.07, 6.45) is -8.19. The van der Waals surface area contributed by atoms with Crippen LogP contribution < -0.4 is 16.0 Å². The van der Waals surface area contributed by atoms with Gasteiger partial charge in [-0.1, -0.05) is 27.7 Å². The molecule has 3 fully saturated rings. The Morgan fingerprint density at radius 2 is 1.60 bits per heavy atom. The maximum absolute atomic E-state index is 14.5. The minimum Gasteiger partial charge on any atom is -0.459 e. The standard InChI is InChI=1S/C45H87N5O13/c1-16-18-46-25-45(57)31(8)60-34(23-43(45,10)58-15)62-36-28(5)38(63-40-35(51)32(21-27(4)59-40)50(14)41(54)47-19-20-49(12)13)42(9,55)22-26(3)24-48-30(7)37(52)44(11,56)33(17-2)61-39(53)29(36)6/h26-38,40,46,48,51-52,55-57H,16-25H2,1-15H3,(H,47,54)/t26-,27-,28+,29-,30-,31+,32+,33-,34+,35-,36+,37-,38-,40+,42-,43-,44-,45+/m1/s1. The molecular formula is C45H87N5O13. The highest BCUT2D eigenvalue weighted by molar-refractivity contribution is 5.74. The third-order valence-electron chi connectivity index (χ3n) is 14.0. The Balaban J connectivity index is 2.15. The molecule has 3 aliphatic rings. The van der Waals surface area contributed by atoms with Crippen molar-refractivity contribution in [2.24, 2.45) is 17.8 Å². The van der Waals surface area contributed by atoms with E-state index in [1.54, 1.807) is 55.5 Å². The van der Waals surface area contributed by atoms with Gasteiger partial charge in [-0.15, -0.1) is 0 Å². The van der Waals surface area contributed by atoms with Crippen LogP contribution in [-0.4, -0.2) is 198 Å². The van der Waals surface area contributed by atoms with Crippen molar-refractivity contribution < 1.29 is 63.5 Å². The van der Waals surface area contributed by atoms with Crippen molar-refractivity contribution >= 4 is 12.0 Å². The Morgan fingerprint density at radius 3 is 2.19 bits per heavy atom. The van der Waals surface area contributed by atoms with Crippen LogP contribution in [0.3, 0.4) is 0 Å². The van der Waals surface area contributed by atoms with E-state index in [0.29, 0.717) is 32.6 Å². The van der Waals surface area contributed by atoms with E-state index < -0.39 is 108 Å². The highest BCUT2D eigenvalue weighted by Crippen LogP contribution is 2.43. The SMILES string of the molecule is CCCNC[C@]1(O)[C@H](C)O[C@@H](O[C@H]2[C@H](C)[C@@H](O[C@@H]3O[C@H](C)C[C@H](N(C)C(=O)NCCN(C)C)[C@H]3O)[C@](C)(O)C[C@@H](C)CN[C@H](C)[C@@H](O)[C@](C)(O)[C@@H](CC)OC(=O)[C@@H]2C)C[C@@]1(C)OC. The molecule has 0 saturated carbocycles. The first-order valence-corrected chi connectivity index (χ1v) is 23.2. The highest BCUT2D eigenvalue weighted by atomic mass is 16.7. The molecule has 0 aromatic carbocycles. The van der Waals surface area contributed by atoms with Crippen LogP contribution in [0.5, 0.6) is 0 Å². The Bertz CT molecular complexity index is 1430. The number of amides is 2. The number of carbonyl (C=O) groups is 2. The fourth-order valence-corrected chi connectivity index (χ4v) is 9.74. The number of nitrogens with one attached hydrogen (secondary N) is 3. The fraction of sp³-hybridized carbons (Fsp3) is 0.956. The number of aliphatic hydroxyl groups excluding tert-OH is 2. The molecular weight excluding hydrogens is 819 g/mol. The molecule has 0 aromatic heterocycles. The number of rotatable bonds is 14. The summed E-state index contributed by atoms with van der Waals surface area (Å²) in [5, 5.41) is 69.4. The zero-order valence-electron chi connectivity index (χ0n) is 41.1. The van der Waals surface area contributed by atoms with E-state index in [1.807, 2.05) is 39.8 Å². The molecule has 18 atom stereocenters. The summed E-state index contributed by atoms with van der Waals surface area (Å²) in [5.74, 6) is -2.93. The fourth-order valence-electron chi connectivity index (χ4n) is 9.74. The van der Waals surface area contributed by atoms with Crippen molar-refractivity contribution in [2.75, 3.05) is 61.0 Å². The second-order valence-electron chi connectivity index (χ2n) is 19.9. The molecule has 18 nitrogen and oxygen atoms in total. The number of carbonyl (C=O) groups excluding carboxylic acids is 2. The van der Waals surface area contributed by atoms with Crippen LogP contribution in [0.25, 0.3) is 0 Å². The minimum absolute atomic E-state index is 0.0523. The number of hydrogen-bond acceptors (Lipinski definition) is 16. The number of nitrogens with zero attached hydrogens (tertiary/aromatic N) is 2. The number of urea groups is 1. The summed E-state index contributed by atoms with van der Waals surface area (Å²) in [6.45, 7) is 21.5. The van der Waals surface area contributed by atoms with Gasteiger partial charge in [0.05, 0.1) is 42.0 Å². The van der Waals surface area contributed by atoms with Crippen LogP contribution in [0, 0.1) is 17.8 Å². The molecule has 8 N–H and O–H groups in total. The lowest BCUT2D eigenvalue weighted by Crippen LogP contribution is -2.70. The summed E-state index contributed by atoms with van der Waals surface area (Å²) in [4.78, 5) is 31.2. The highest BCUT2D eigenvalue weighted by Gasteiger charge is 2.58. The van der Waals surface area contributed by atoms with Gasteiger partial charge in [-0.25, -0.2) is 4.79 Å². The maximum Gasteiger partial charge on any atom is 0.317 e. The molecule has 3 saturated heterocycles. The third kappa shape index (κ3) is 13.4. The van der Waals surface area contributed by atoms with Gasteiger partial charge >= 0.3 is 12.0 Å². The third-order valence-corrected chi connectivity index (χ3v) is 14.0. The van der Waals surface area contributed by atoms with Gasteiger partial charge in [0.25, 0.3) is 0 Å². The van der Waals surface area contributed by atoms with Crippen molar-refractivity contribution in [1.29, 1.82) is 0 Å². The van der Waals surface area contributed by atoms with Crippen LogP contribution in [0.2, 0.25) is 0 Å². The summed E-state index contributed by atoms with van der Waals surface area (Å²) >= 11 is 0. The van der Waals surface area contributed by atoms with Gasteiger partial charge in [0, 0.05) is 52.2 Å². The summed E-state index contributed by atoms with van der Waals surface area (Å²) in [7, 11) is 6.95. The average molecular weight is 906 g/mol. The molecule has 18 heteroatoms. The molecule has 0 spiro atoms. The van der Waals surface area contributed by atoms with Gasteiger partial charge < -0.3 is 79.7 Å². The normalized spacial score (nSPS) is 43.7. The molecule has 63 heavy (non-hydrogen) atoms. The van der Waals surface area contributed by atoms with Crippen LogP contribution in [0.15, 0.2) is 0 Å².